The maximum Gasteiger partial charge on any atom is 0.258 e. The first-order chi connectivity index (χ1) is 19.8. The molecule has 0 radical (unpaired) electrons. The Morgan fingerprint density at radius 2 is 1.61 bits per heavy atom. The smallest absolute Gasteiger partial charge is 0.258 e. The summed E-state index contributed by atoms with van der Waals surface area (Å²) in [6.07, 6.45) is 0. The first-order valence-electron chi connectivity index (χ1n) is 13.9. The molecule has 2 heterocycles. The van der Waals surface area contributed by atoms with Crippen LogP contribution in [-0.4, -0.2) is 93.5 Å². The molecule has 2 amide bonds. The molecule has 0 atom stereocenters. The summed E-state index contributed by atoms with van der Waals surface area (Å²) in [5, 5.41) is 6.97. The molecule has 0 saturated carbocycles. The van der Waals surface area contributed by atoms with Crippen LogP contribution in [-0.2, 0) is 9.59 Å². The van der Waals surface area contributed by atoms with Gasteiger partial charge in [0.2, 0.25) is 5.91 Å². The zero-order chi connectivity index (χ0) is 28.9. The van der Waals surface area contributed by atoms with Gasteiger partial charge in [-0.2, -0.15) is 0 Å². The fraction of sp³-hybridized carbons (Fsp3) is 0.312. The molecule has 3 aromatic rings. The van der Waals surface area contributed by atoms with Crippen LogP contribution in [0.1, 0.15) is 11.1 Å². The van der Waals surface area contributed by atoms with Crippen molar-refractivity contribution in [3.05, 3.63) is 88.9 Å². The second-order valence-electron chi connectivity index (χ2n) is 10.8. The van der Waals surface area contributed by atoms with E-state index in [2.05, 4.69) is 39.4 Å². The predicted octanol–water partition coefficient (Wildman–Crippen LogP) is 4.41. The van der Waals surface area contributed by atoms with Crippen molar-refractivity contribution in [2.24, 2.45) is 0 Å². The quantitative estimate of drug-likeness (QED) is 0.370. The van der Waals surface area contributed by atoms with Crippen molar-refractivity contribution in [3.8, 4) is 0 Å². The van der Waals surface area contributed by atoms with Crippen LogP contribution in [0.5, 0.6) is 0 Å². The van der Waals surface area contributed by atoms with Crippen LogP contribution in [0.15, 0.2) is 72.8 Å². The minimum absolute atomic E-state index is 0.0671. The van der Waals surface area contributed by atoms with Gasteiger partial charge in [0.1, 0.15) is 0 Å². The zero-order valence-corrected chi connectivity index (χ0v) is 24.6. The summed E-state index contributed by atoms with van der Waals surface area (Å²) < 4.78 is 0. The molecular formula is C32H37ClN6O2. The lowest BCUT2D eigenvalue weighted by Crippen LogP contribution is -2.50. The third-order valence-corrected chi connectivity index (χ3v) is 7.86. The van der Waals surface area contributed by atoms with Gasteiger partial charge in [-0.25, -0.2) is 0 Å². The fourth-order valence-corrected chi connectivity index (χ4v) is 5.32. The number of piperazine rings is 1. The molecule has 1 fully saturated rings. The van der Waals surface area contributed by atoms with Crippen LogP contribution < -0.4 is 15.5 Å². The summed E-state index contributed by atoms with van der Waals surface area (Å²) in [5.74, 6) is -0.119. The van der Waals surface area contributed by atoms with E-state index in [0.29, 0.717) is 28.5 Å². The predicted molar refractivity (Wildman–Crippen MR) is 168 cm³/mol. The first kappa shape index (κ1) is 28.8. The van der Waals surface area contributed by atoms with Crippen LogP contribution in [0.4, 0.5) is 17.1 Å². The van der Waals surface area contributed by atoms with Gasteiger partial charge in [-0.3, -0.25) is 19.4 Å². The van der Waals surface area contributed by atoms with Crippen LogP contribution >= 0.6 is 11.6 Å². The van der Waals surface area contributed by atoms with E-state index in [1.165, 1.54) is 0 Å². The highest BCUT2D eigenvalue weighted by Crippen LogP contribution is 2.38. The van der Waals surface area contributed by atoms with Gasteiger partial charge in [-0.1, -0.05) is 48.0 Å². The number of anilines is 3. The maximum absolute atomic E-state index is 13.1. The number of nitrogens with zero attached hydrogens (tertiary/aromatic N) is 4. The van der Waals surface area contributed by atoms with Gasteiger partial charge >= 0.3 is 0 Å². The molecule has 8 nitrogen and oxygen atoms in total. The number of likely N-dealkylation sites (N-methyl/N-ethyl adjacent to an activating group) is 2. The Hall–Kier alpha value is -3.69. The Morgan fingerprint density at radius 3 is 2.29 bits per heavy atom. The molecule has 3 aromatic carbocycles. The Bertz CT molecular complexity index is 1420. The lowest BCUT2D eigenvalue weighted by molar-refractivity contribution is -0.119. The monoisotopic (exact) mass is 572 g/mol. The first-order valence-corrected chi connectivity index (χ1v) is 14.3. The Balaban J connectivity index is 1.28. The third-order valence-electron chi connectivity index (χ3n) is 7.62. The van der Waals surface area contributed by atoms with E-state index >= 15 is 0 Å². The fourth-order valence-electron chi connectivity index (χ4n) is 5.14. The van der Waals surface area contributed by atoms with Gasteiger partial charge in [0, 0.05) is 68.3 Å². The number of hydrogen-bond acceptors (Lipinski definition) is 6. The summed E-state index contributed by atoms with van der Waals surface area (Å²) in [7, 11) is 6.01. The molecular weight excluding hydrogens is 536 g/mol. The van der Waals surface area contributed by atoms with E-state index in [1.807, 2.05) is 67.7 Å². The highest BCUT2D eigenvalue weighted by Gasteiger charge is 2.29. The van der Waals surface area contributed by atoms with Gasteiger partial charge in [0.15, 0.2) is 0 Å². The lowest BCUT2D eigenvalue weighted by atomic mass is 10.00. The molecule has 41 heavy (non-hydrogen) atoms. The summed E-state index contributed by atoms with van der Waals surface area (Å²) in [6, 6.07) is 22.9. The molecule has 2 aliphatic rings. The highest BCUT2D eigenvalue weighted by molar-refractivity contribution is 6.38. The maximum atomic E-state index is 13.1. The van der Waals surface area contributed by atoms with Gasteiger partial charge in [0.25, 0.3) is 5.91 Å². The summed E-state index contributed by atoms with van der Waals surface area (Å²) >= 11 is 6.17. The van der Waals surface area contributed by atoms with Crippen LogP contribution in [0.25, 0.3) is 11.3 Å². The largest absolute Gasteiger partial charge is 0.354 e. The van der Waals surface area contributed by atoms with E-state index in [1.54, 1.807) is 17.0 Å². The molecule has 214 valence electrons. The molecule has 0 unspecified atom stereocenters. The number of nitrogens with one attached hydrogen (secondary N) is 2. The Morgan fingerprint density at radius 1 is 0.927 bits per heavy atom. The molecule has 0 bridgehead atoms. The van der Waals surface area contributed by atoms with E-state index in [-0.39, 0.29) is 11.8 Å². The molecule has 0 aliphatic carbocycles. The van der Waals surface area contributed by atoms with Crippen molar-refractivity contribution in [2.45, 2.75) is 0 Å². The number of amides is 2. The molecule has 5 rings (SSSR count). The number of carbonyl (C=O) groups excluding carboxylic acids is 2. The van der Waals surface area contributed by atoms with Crippen LogP contribution in [0.3, 0.4) is 0 Å². The molecule has 2 aliphatic heterocycles. The SMILES string of the molecule is CN(C)CCN1CCN(CC(=O)N(C)c2ccc(N/C(=C3\C(=O)Nc4cc(Cl)ccc43)c3ccccc3)cc2)CC1. The Kier molecular flexibility index (Phi) is 9.05. The van der Waals surface area contributed by atoms with Crippen molar-refractivity contribution in [2.75, 3.05) is 82.5 Å². The molecule has 0 aromatic heterocycles. The number of carbonyl (C=O) groups is 2. The van der Waals surface area contributed by atoms with Gasteiger partial charge in [0.05, 0.1) is 23.5 Å². The number of rotatable bonds is 9. The van der Waals surface area contributed by atoms with Crippen molar-refractivity contribution in [1.82, 2.24) is 14.7 Å². The average molecular weight is 573 g/mol. The zero-order valence-electron chi connectivity index (χ0n) is 23.9. The number of fused-ring (bicyclic) bond motifs is 1. The van der Waals surface area contributed by atoms with Gasteiger partial charge < -0.3 is 20.4 Å². The Labute approximate surface area is 247 Å². The van der Waals surface area contributed by atoms with E-state index < -0.39 is 0 Å². The standard InChI is InChI=1S/C32H37ClN6O2/c1-36(2)15-16-38-17-19-39(20-18-38)22-29(40)37(3)26-12-10-25(11-13-26)34-31(23-7-5-4-6-8-23)30-27-14-9-24(33)21-28(27)35-32(30)41/h4-14,21,34H,15-20,22H2,1-3H3,(H,35,41)/b31-30-. The normalized spacial score (nSPS) is 16.9. The molecule has 2 N–H and O–H groups in total. The van der Waals surface area contributed by atoms with E-state index in [9.17, 15) is 9.59 Å². The van der Waals surface area contributed by atoms with Crippen molar-refractivity contribution in [1.29, 1.82) is 0 Å². The average Bonchev–Trinajstić information content (AvgIpc) is 3.30. The second-order valence-corrected chi connectivity index (χ2v) is 11.2. The summed E-state index contributed by atoms with van der Waals surface area (Å²) in [6.45, 7) is 6.28. The van der Waals surface area contributed by atoms with E-state index in [4.69, 9.17) is 11.6 Å². The van der Waals surface area contributed by atoms with Gasteiger partial charge in [-0.05, 0) is 56.1 Å². The van der Waals surface area contributed by atoms with Crippen molar-refractivity contribution < 1.29 is 9.59 Å². The van der Waals surface area contributed by atoms with Crippen molar-refractivity contribution >= 4 is 51.7 Å². The summed E-state index contributed by atoms with van der Waals surface area (Å²) in [4.78, 5) is 34.8. The van der Waals surface area contributed by atoms with Gasteiger partial charge in [-0.15, -0.1) is 0 Å². The number of halogens is 1. The van der Waals surface area contributed by atoms with Crippen LogP contribution in [0, 0.1) is 0 Å². The van der Waals surface area contributed by atoms with E-state index in [0.717, 1.165) is 61.8 Å². The minimum Gasteiger partial charge on any atom is -0.354 e. The third kappa shape index (κ3) is 6.97. The molecule has 0 spiro atoms. The number of hydrogen-bond donors (Lipinski definition) is 2. The van der Waals surface area contributed by atoms with Crippen molar-refractivity contribution in [3.63, 3.8) is 0 Å². The lowest BCUT2D eigenvalue weighted by Gasteiger charge is -2.35. The topological polar surface area (TPSA) is 71.2 Å². The number of benzene rings is 3. The summed E-state index contributed by atoms with van der Waals surface area (Å²) in [5.41, 5.74) is 5.26. The van der Waals surface area contributed by atoms with Crippen LogP contribution in [0.2, 0.25) is 5.02 Å². The molecule has 9 heteroatoms. The highest BCUT2D eigenvalue weighted by atomic mass is 35.5. The molecule has 1 saturated heterocycles. The minimum atomic E-state index is -0.186. The second kappa shape index (κ2) is 12.9.